The van der Waals surface area contributed by atoms with Crippen LogP contribution in [-0.4, -0.2) is 29.9 Å². The minimum Gasteiger partial charge on any atom is -0.462 e. The Balaban J connectivity index is 3.21. The Bertz CT molecular complexity index is 597. The Hall–Kier alpha value is -2.97. The highest BCUT2D eigenvalue weighted by atomic mass is 16.6. The first-order valence-corrected chi connectivity index (χ1v) is 5.78. The summed E-state index contributed by atoms with van der Waals surface area (Å²) in [5.41, 5.74) is -0.694. The third kappa shape index (κ3) is 4.00. The molecule has 0 aliphatic carbocycles. The molecule has 1 rings (SSSR count). The smallest absolute Gasteiger partial charge is 0.396 e. The van der Waals surface area contributed by atoms with Crippen LogP contribution in [0.3, 0.4) is 0 Å². The summed E-state index contributed by atoms with van der Waals surface area (Å²) in [5.74, 6) is -3.49. The third-order valence-corrected chi connectivity index (χ3v) is 2.31. The maximum atomic E-state index is 11.4. The van der Waals surface area contributed by atoms with E-state index < -0.39 is 34.2 Å². The van der Waals surface area contributed by atoms with Gasteiger partial charge in [-0.1, -0.05) is 13.0 Å². The van der Waals surface area contributed by atoms with Crippen LogP contribution in [-0.2, 0) is 19.1 Å². The van der Waals surface area contributed by atoms with Crippen LogP contribution in [0.2, 0.25) is 0 Å². The summed E-state index contributed by atoms with van der Waals surface area (Å²) in [7, 11) is 1.01. The van der Waals surface area contributed by atoms with Gasteiger partial charge in [-0.3, -0.25) is 19.7 Å². The van der Waals surface area contributed by atoms with Gasteiger partial charge in [0.05, 0.1) is 17.7 Å². The molecule has 0 aliphatic rings. The number of ether oxygens (including phenoxy) is 2. The number of rotatable bonds is 4. The van der Waals surface area contributed by atoms with Crippen LogP contribution >= 0.6 is 0 Å². The number of nitro groups is 1. The van der Waals surface area contributed by atoms with Crippen molar-refractivity contribution >= 4 is 29.2 Å². The fraction of sp³-hybridized carbons (Fsp3) is 0.250. The van der Waals surface area contributed by atoms with E-state index in [9.17, 15) is 24.5 Å². The summed E-state index contributed by atoms with van der Waals surface area (Å²) in [6.45, 7) is 1.50. The zero-order chi connectivity index (χ0) is 16.0. The molecule has 0 heterocycles. The Kier molecular flexibility index (Phi) is 5.35. The van der Waals surface area contributed by atoms with Crippen molar-refractivity contribution in [2.75, 3.05) is 12.4 Å². The first-order chi connectivity index (χ1) is 9.90. The summed E-state index contributed by atoms with van der Waals surface area (Å²) in [4.78, 5) is 44.0. The minimum absolute atomic E-state index is 0.0174. The van der Waals surface area contributed by atoms with Gasteiger partial charge < -0.3 is 14.8 Å². The summed E-state index contributed by atoms with van der Waals surface area (Å²) >= 11 is 0. The number of nitrogens with one attached hydrogen (secondary N) is 1. The predicted molar refractivity (Wildman–Crippen MR) is 69.7 cm³/mol. The lowest BCUT2D eigenvalue weighted by molar-refractivity contribution is -0.385. The monoisotopic (exact) mass is 296 g/mol. The second-order valence-corrected chi connectivity index (χ2v) is 3.68. The van der Waals surface area contributed by atoms with Crippen LogP contribution in [0, 0.1) is 10.1 Å². The number of benzene rings is 1. The number of para-hydroxylation sites is 1. The van der Waals surface area contributed by atoms with Crippen molar-refractivity contribution in [3.05, 3.63) is 28.3 Å². The largest absolute Gasteiger partial charge is 0.462 e. The topological polar surface area (TPSA) is 125 Å². The lowest BCUT2D eigenvalue weighted by Gasteiger charge is -2.10. The van der Waals surface area contributed by atoms with Crippen molar-refractivity contribution in [2.45, 2.75) is 13.3 Å². The van der Waals surface area contributed by atoms with Gasteiger partial charge >= 0.3 is 23.5 Å². The van der Waals surface area contributed by atoms with Crippen LogP contribution in [0.1, 0.15) is 13.3 Å². The van der Waals surface area contributed by atoms with Crippen molar-refractivity contribution in [1.82, 2.24) is 0 Å². The average molecular weight is 296 g/mol. The van der Waals surface area contributed by atoms with E-state index in [1.165, 1.54) is 19.1 Å². The van der Waals surface area contributed by atoms with Crippen LogP contribution in [0.25, 0.3) is 0 Å². The Labute approximate surface area is 119 Å². The molecule has 0 aliphatic heterocycles. The van der Waals surface area contributed by atoms with Gasteiger partial charge in [-0.25, -0.2) is 4.79 Å². The number of carbonyl (C=O) groups is 3. The summed E-state index contributed by atoms with van der Waals surface area (Å²) in [6, 6.07) is 3.63. The molecule has 0 unspecified atom stereocenters. The molecule has 21 heavy (non-hydrogen) atoms. The molecule has 0 fully saturated rings. The van der Waals surface area contributed by atoms with Crippen molar-refractivity contribution in [3.63, 3.8) is 0 Å². The number of hydrogen-bond donors (Lipinski definition) is 1. The molecule has 0 radical (unpaired) electrons. The number of carbonyl (C=O) groups excluding carboxylic acids is 3. The molecule has 0 aromatic heterocycles. The van der Waals surface area contributed by atoms with Crippen LogP contribution < -0.4 is 10.1 Å². The molecule has 1 aromatic carbocycles. The van der Waals surface area contributed by atoms with Crippen molar-refractivity contribution in [3.8, 4) is 5.75 Å². The molecule has 9 heteroatoms. The quantitative estimate of drug-likeness (QED) is 0.289. The van der Waals surface area contributed by atoms with Gasteiger partial charge in [0.1, 0.15) is 0 Å². The van der Waals surface area contributed by atoms with Crippen molar-refractivity contribution < 1.29 is 28.8 Å². The lowest BCUT2D eigenvalue weighted by Crippen LogP contribution is -2.24. The van der Waals surface area contributed by atoms with E-state index >= 15 is 0 Å². The number of hydrogen-bond acceptors (Lipinski definition) is 7. The maximum Gasteiger partial charge on any atom is 0.396 e. The molecule has 1 N–H and O–H groups in total. The maximum absolute atomic E-state index is 11.4. The summed E-state index contributed by atoms with van der Waals surface area (Å²) < 4.78 is 9.07. The van der Waals surface area contributed by atoms with E-state index in [4.69, 9.17) is 4.74 Å². The Morgan fingerprint density at radius 3 is 2.52 bits per heavy atom. The standard InChI is InChI=1S/C12H12N2O7/c1-3-9(15)21-10-7(13-11(16)12(17)20-2)5-4-6-8(10)14(18)19/h4-6H,3H2,1-2H3,(H,13,16). The van der Waals surface area contributed by atoms with Gasteiger partial charge in [0.25, 0.3) is 0 Å². The van der Waals surface area contributed by atoms with Gasteiger partial charge in [-0.05, 0) is 6.07 Å². The second kappa shape index (κ2) is 6.98. The van der Waals surface area contributed by atoms with E-state index in [0.717, 1.165) is 13.2 Å². The summed E-state index contributed by atoms with van der Waals surface area (Å²) in [6.07, 6.45) is -0.0174. The molecule has 9 nitrogen and oxygen atoms in total. The zero-order valence-electron chi connectivity index (χ0n) is 11.2. The van der Waals surface area contributed by atoms with E-state index in [2.05, 4.69) is 10.1 Å². The van der Waals surface area contributed by atoms with Crippen molar-refractivity contribution in [1.29, 1.82) is 0 Å². The summed E-state index contributed by atoms with van der Waals surface area (Å²) in [5, 5.41) is 13.0. The Morgan fingerprint density at radius 1 is 1.33 bits per heavy atom. The van der Waals surface area contributed by atoms with E-state index in [1.807, 2.05) is 0 Å². The van der Waals surface area contributed by atoms with E-state index in [0.29, 0.717) is 0 Å². The number of nitrogens with zero attached hydrogens (tertiary/aromatic N) is 1. The predicted octanol–water partition coefficient (Wildman–Crippen LogP) is 1.02. The zero-order valence-corrected chi connectivity index (χ0v) is 11.2. The fourth-order valence-electron chi connectivity index (χ4n) is 1.33. The van der Waals surface area contributed by atoms with Crippen LogP contribution in [0.15, 0.2) is 18.2 Å². The van der Waals surface area contributed by atoms with E-state index in [1.54, 1.807) is 0 Å². The SMILES string of the molecule is CCC(=O)Oc1c(NC(=O)C(=O)OC)cccc1[N+](=O)[O-]. The lowest BCUT2D eigenvalue weighted by atomic mass is 10.2. The Morgan fingerprint density at radius 2 is 2.00 bits per heavy atom. The number of nitro benzene ring substituents is 1. The molecule has 0 saturated heterocycles. The molecule has 112 valence electrons. The average Bonchev–Trinajstić information content (AvgIpc) is 2.47. The molecule has 0 bridgehead atoms. The van der Waals surface area contributed by atoms with E-state index in [-0.39, 0.29) is 12.1 Å². The number of amides is 1. The highest BCUT2D eigenvalue weighted by molar-refractivity contribution is 6.37. The fourth-order valence-corrected chi connectivity index (χ4v) is 1.33. The highest BCUT2D eigenvalue weighted by Gasteiger charge is 2.24. The normalized spacial score (nSPS) is 9.62. The van der Waals surface area contributed by atoms with Crippen molar-refractivity contribution in [2.24, 2.45) is 0 Å². The molecule has 0 spiro atoms. The van der Waals surface area contributed by atoms with Crippen LogP contribution in [0.4, 0.5) is 11.4 Å². The van der Waals surface area contributed by atoms with Gasteiger partial charge in [0.15, 0.2) is 0 Å². The highest BCUT2D eigenvalue weighted by Crippen LogP contribution is 2.35. The minimum atomic E-state index is -1.19. The number of methoxy groups -OCH3 is 1. The van der Waals surface area contributed by atoms with Gasteiger partial charge in [-0.2, -0.15) is 0 Å². The second-order valence-electron chi connectivity index (χ2n) is 3.68. The van der Waals surface area contributed by atoms with Gasteiger partial charge in [-0.15, -0.1) is 0 Å². The third-order valence-electron chi connectivity index (χ3n) is 2.31. The first kappa shape index (κ1) is 16.1. The van der Waals surface area contributed by atoms with Crippen LogP contribution in [0.5, 0.6) is 5.75 Å². The molecular formula is C12H12N2O7. The van der Waals surface area contributed by atoms with Gasteiger partial charge in [0, 0.05) is 12.5 Å². The molecule has 1 amide bonds. The molecule has 0 atom stereocenters. The number of esters is 2. The molecular weight excluding hydrogens is 284 g/mol. The molecule has 0 saturated carbocycles. The number of anilines is 1. The molecule has 1 aromatic rings. The van der Waals surface area contributed by atoms with Gasteiger partial charge in [0.2, 0.25) is 5.75 Å². The first-order valence-electron chi connectivity index (χ1n) is 5.78.